The van der Waals surface area contributed by atoms with E-state index in [1.54, 1.807) is 6.07 Å². The Hall–Kier alpha value is -1.42. The van der Waals surface area contributed by atoms with Gasteiger partial charge in [-0.25, -0.2) is 0 Å². The van der Waals surface area contributed by atoms with Crippen molar-refractivity contribution in [3.8, 4) is 11.5 Å². The van der Waals surface area contributed by atoms with Gasteiger partial charge in [0.15, 0.2) is 11.5 Å². The van der Waals surface area contributed by atoms with Crippen LogP contribution >= 0.6 is 11.6 Å². The Morgan fingerprint density at radius 3 is 2.67 bits per heavy atom. The lowest BCUT2D eigenvalue weighted by Crippen LogP contribution is -2.23. The number of carboxylic acids is 1. The number of carboxylic acid groups (broad SMARTS) is 1. The molecule has 1 aliphatic carbocycles. The van der Waals surface area contributed by atoms with Gasteiger partial charge in [-0.3, -0.25) is 4.79 Å². The van der Waals surface area contributed by atoms with Crippen LogP contribution in [-0.2, 0) is 10.2 Å². The number of hydrogen-bond acceptors (Lipinski definition) is 3. The average Bonchev–Trinajstić information content (AvgIpc) is 3.10. The predicted octanol–water partition coefficient (Wildman–Crippen LogP) is 2.54. The molecule has 0 saturated heterocycles. The molecular formula is C13H13ClO4. The molecule has 3 rings (SSSR count). The van der Waals surface area contributed by atoms with E-state index in [0.717, 1.165) is 5.56 Å². The molecule has 1 N–H and O–H groups in total. The van der Waals surface area contributed by atoms with Crippen molar-refractivity contribution in [1.29, 1.82) is 0 Å². The van der Waals surface area contributed by atoms with E-state index in [1.807, 2.05) is 6.92 Å². The van der Waals surface area contributed by atoms with E-state index < -0.39 is 11.4 Å². The van der Waals surface area contributed by atoms with Gasteiger partial charge in [-0.15, -0.1) is 0 Å². The Labute approximate surface area is 109 Å². The van der Waals surface area contributed by atoms with Gasteiger partial charge in [0.1, 0.15) is 13.2 Å². The smallest absolute Gasteiger partial charge is 0.314 e. The molecule has 1 aromatic rings. The zero-order valence-corrected chi connectivity index (χ0v) is 10.7. The van der Waals surface area contributed by atoms with Gasteiger partial charge in [0.2, 0.25) is 0 Å². The minimum absolute atomic E-state index is 0.455. The number of hydrogen-bond donors (Lipinski definition) is 1. The molecule has 1 fully saturated rings. The highest BCUT2D eigenvalue weighted by Gasteiger charge is 2.54. The highest BCUT2D eigenvalue weighted by molar-refractivity contribution is 6.32. The van der Waals surface area contributed by atoms with Gasteiger partial charge in [0, 0.05) is 16.7 Å². The van der Waals surface area contributed by atoms with Crippen molar-refractivity contribution < 1.29 is 19.4 Å². The third-order valence-electron chi connectivity index (χ3n) is 3.66. The van der Waals surface area contributed by atoms with Crippen LogP contribution in [-0.4, -0.2) is 24.3 Å². The van der Waals surface area contributed by atoms with E-state index in [4.69, 9.17) is 21.1 Å². The number of fused-ring (bicyclic) bond motifs is 1. The van der Waals surface area contributed by atoms with Crippen LogP contribution in [0.3, 0.4) is 0 Å². The van der Waals surface area contributed by atoms with Crippen molar-refractivity contribution in [2.45, 2.75) is 25.2 Å². The average molecular weight is 269 g/mol. The first-order valence-corrected chi connectivity index (χ1v) is 6.26. The first-order chi connectivity index (χ1) is 8.56. The van der Waals surface area contributed by atoms with Gasteiger partial charge in [-0.2, -0.15) is 0 Å². The maximum atomic E-state index is 11.4. The summed E-state index contributed by atoms with van der Waals surface area (Å²) in [6.07, 6.45) is 1.26. The summed E-state index contributed by atoms with van der Waals surface area (Å²) in [7, 11) is 0. The summed E-state index contributed by atoms with van der Waals surface area (Å²) in [5.41, 5.74) is 0.648. The van der Waals surface area contributed by atoms with Crippen LogP contribution in [0, 0.1) is 6.92 Å². The molecule has 1 saturated carbocycles. The quantitative estimate of drug-likeness (QED) is 0.896. The van der Waals surface area contributed by atoms with Crippen molar-refractivity contribution in [3.63, 3.8) is 0 Å². The van der Waals surface area contributed by atoms with E-state index >= 15 is 0 Å². The standard InChI is InChI=1S/C13H13ClO4/c1-7-10(13(2-3-13)12(15)16)8(14)6-9-11(7)18-5-4-17-9/h6H,2-5H2,1H3,(H,15,16). The summed E-state index contributed by atoms with van der Waals surface area (Å²) in [4.78, 5) is 11.4. The van der Waals surface area contributed by atoms with E-state index in [1.165, 1.54) is 0 Å². The monoisotopic (exact) mass is 268 g/mol. The van der Waals surface area contributed by atoms with Crippen molar-refractivity contribution in [1.82, 2.24) is 0 Å². The van der Waals surface area contributed by atoms with Crippen molar-refractivity contribution in [3.05, 3.63) is 22.2 Å². The topological polar surface area (TPSA) is 55.8 Å². The van der Waals surface area contributed by atoms with Gasteiger partial charge in [-0.1, -0.05) is 11.6 Å². The van der Waals surface area contributed by atoms with E-state index in [9.17, 15) is 9.90 Å². The number of benzene rings is 1. The molecule has 4 nitrogen and oxygen atoms in total. The molecule has 1 aromatic carbocycles. The van der Waals surface area contributed by atoms with E-state index in [2.05, 4.69) is 0 Å². The van der Waals surface area contributed by atoms with Crippen LogP contribution in [0.25, 0.3) is 0 Å². The molecule has 2 aliphatic rings. The van der Waals surface area contributed by atoms with Crippen LogP contribution in [0.2, 0.25) is 5.02 Å². The molecule has 18 heavy (non-hydrogen) atoms. The van der Waals surface area contributed by atoms with Crippen LogP contribution < -0.4 is 9.47 Å². The lowest BCUT2D eigenvalue weighted by atomic mass is 9.91. The molecule has 5 heteroatoms. The molecular weight excluding hydrogens is 256 g/mol. The molecule has 96 valence electrons. The van der Waals surface area contributed by atoms with Gasteiger partial charge in [0.25, 0.3) is 0 Å². The zero-order valence-electron chi connectivity index (χ0n) is 9.96. The van der Waals surface area contributed by atoms with Gasteiger partial charge >= 0.3 is 5.97 Å². The lowest BCUT2D eigenvalue weighted by Gasteiger charge is -2.24. The summed E-state index contributed by atoms with van der Waals surface area (Å²) in [6, 6.07) is 1.67. The highest BCUT2D eigenvalue weighted by atomic mass is 35.5. The molecule has 0 unspecified atom stereocenters. The first kappa shape index (κ1) is 11.7. The Morgan fingerprint density at radius 2 is 2.06 bits per heavy atom. The summed E-state index contributed by atoms with van der Waals surface area (Å²) in [5.74, 6) is 0.422. The fraction of sp³-hybridized carbons (Fsp3) is 0.462. The molecule has 0 aromatic heterocycles. The Bertz CT molecular complexity index is 534. The Balaban J connectivity index is 2.19. The molecule has 0 spiro atoms. The number of rotatable bonds is 2. The summed E-state index contributed by atoms with van der Waals surface area (Å²) in [5, 5.41) is 9.83. The third kappa shape index (κ3) is 1.48. The van der Waals surface area contributed by atoms with Crippen LogP contribution in [0.15, 0.2) is 6.07 Å². The number of aliphatic carboxylic acids is 1. The number of carbonyl (C=O) groups is 1. The van der Waals surface area contributed by atoms with E-state index in [-0.39, 0.29) is 0 Å². The summed E-state index contributed by atoms with van der Waals surface area (Å²) < 4.78 is 11.1. The number of halogens is 1. The summed E-state index contributed by atoms with van der Waals surface area (Å²) >= 11 is 6.24. The molecule has 1 aliphatic heterocycles. The molecule has 0 bridgehead atoms. The minimum Gasteiger partial charge on any atom is -0.486 e. The van der Waals surface area contributed by atoms with Gasteiger partial charge < -0.3 is 14.6 Å². The van der Waals surface area contributed by atoms with Gasteiger partial charge in [-0.05, 0) is 25.3 Å². The lowest BCUT2D eigenvalue weighted by molar-refractivity contribution is -0.140. The SMILES string of the molecule is Cc1c2c(cc(Cl)c1C1(C(=O)O)CC1)OCCO2. The zero-order chi connectivity index (χ0) is 12.9. The number of ether oxygens (including phenoxy) is 2. The fourth-order valence-electron chi connectivity index (χ4n) is 2.60. The second kappa shape index (κ2) is 3.79. The van der Waals surface area contributed by atoms with Gasteiger partial charge in [0.05, 0.1) is 5.41 Å². The molecule has 1 heterocycles. The van der Waals surface area contributed by atoms with Crippen LogP contribution in [0.1, 0.15) is 24.0 Å². The summed E-state index contributed by atoms with van der Waals surface area (Å²) in [6.45, 7) is 2.82. The molecule has 0 atom stereocenters. The largest absolute Gasteiger partial charge is 0.486 e. The second-order valence-corrected chi connectivity index (χ2v) is 5.18. The maximum Gasteiger partial charge on any atom is 0.314 e. The molecule has 0 amide bonds. The van der Waals surface area contributed by atoms with E-state index in [0.29, 0.717) is 48.1 Å². The van der Waals surface area contributed by atoms with Crippen LogP contribution in [0.4, 0.5) is 0 Å². The van der Waals surface area contributed by atoms with Crippen molar-refractivity contribution in [2.75, 3.05) is 13.2 Å². The minimum atomic E-state index is -0.822. The van der Waals surface area contributed by atoms with Crippen LogP contribution in [0.5, 0.6) is 11.5 Å². The van der Waals surface area contributed by atoms with Crippen molar-refractivity contribution >= 4 is 17.6 Å². The van der Waals surface area contributed by atoms with Crippen molar-refractivity contribution in [2.24, 2.45) is 0 Å². The fourth-order valence-corrected chi connectivity index (χ4v) is 3.02. The molecule has 0 radical (unpaired) electrons. The third-order valence-corrected chi connectivity index (χ3v) is 3.96. The Kier molecular flexibility index (Phi) is 2.45. The second-order valence-electron chi connectivity index (χ2n) is 4.77. The normalized spacial score (nSPS) is 19.4. The Morgan fingerprint density at radius 1 is 1.39 bits per heavy atom. The predicted molar refractivity (Wildman–Crippen MR) is 65.7 cm³/mol. The highest BCUT2D eigenvalue weighted by Crippen LogP contribution is 2.55. The maximum absolute atomic E-state index is 11.4. The first-order valence-electron chi connectivity index (χ1n) is 5.89.